The second kappa shape index (κ2) is 8.65. The van der Waals surface area contributed by atoms with E-state index in [0.717, 1.165) is 12.1 Å². The maximum atomic E-state index is 12.6. The Morgan fingerprint density at radius 1 is 0.600 bits per heavy atom. The first kappa shape index (κ1) is 26.1. The molecule has 8 bridgehead atoms. The van der Waals surface area contributed by atoms with Crippen LogP contribution in [0.25, 0.3) is 56.7 Å². The third kappa shape index (κ3) is 4.41. The summed E-state index contributed by atoms with van der Waals surface area (Å²) in [4.78, 5) is 10.2. The summed E-state index contributed by atoms with van der Waals surface area (Å²) in [7, 11) is -16.3. The van der Waals surface area contributed by atoms with Gasteiger partial charge >= 0.3 is 0 Å². The largest absolute Gasteiger partial charge is 0.355 e. The third-order valence-electron chi connectivity index (χ3n) is 6.16. The Labute approximate surface area is 226 Å². The first-order valence-electron chi connectivity index (χ1n) is 11.2. The Balaban J connectivity index is 1.95. The molecule has 0 unspecified atom stereocenters. The van der Waals surface area contributed by atoms with E-state index in [2.05, 4.69) is 19.9 Å². The molecule has 40 heavy (non-hydrogen) atoms. The predicted molar refractivity (Wildman–Crippen MR) is 144 cm³/mol. The molecule has 204 valence electrons. The summed E-state index contributed by atoms with van der Waals surface area (Å²) in [6.07, 6.45) is 2.51. The highest BCUT2D eigenvalue weighted by molar-refractivity contribution is 7.89. The molecular formula is C24H16N4O9S3. The number of nitrogens with zero attached hydrogens (tertiary/aromatic N) is 2. The van der Waals surface area contributed by atoms with Gasteiger partial charge in [0.15, 0.2) is 0 Å². The van der Waals surface area contributed by atoms with Gasteiger partial charge in [-0.1, -0.05) is 24.3 Å². The predicted octanol–water partition coefficient (Wildman–Crippen LogP) is 3.56. The fourth-order valence-electron chi connectivity index (χ4n) is 4.66. The highest BCUT2D eigenvalue weighted by atomic mass is 32.2. The van der Waals surface area contributed by atoms with E-state index in [0.29, 0.717) is 27.9 Å². The van der Waals surface area contributed by atoms with Crippen molar-refractivity contribution in [1.82, 2.24) is 19.9 Å². The summed E-state index contributed by atoms with van der Waals surface area (Å²) < 4.78 is 105. The zero-order valence-electron chi connectivity index (χ0n) is 19.8. The topological polar surface area (TPSA) is 220 Å². The lowest BCUT2D eigenvalue weighted by Crippen LogP contribution is -2.08. The third-order valence-corrected chi connectivity index (χ3v) is 9.08. The molecule has 0 aliphatic carbocycles. The van der Waals surface area contributed by atoms with Crippen LogP contribution in [0.1, 0.15) is 11.4 Å². The molecule has 0 amide bonds. The van der Waals surface area contributed by atoms with Gasteiger partial charge in [-0.3, -0.25) is 13.7 Å². The summed E-state index contributed by atoms with van der Waals surface area (Å²) in [5.74, 6) is 0. The second-order valence-corrected chi connectivity index (χ2v) is 12.9. The van der Waals surface area contributed by atoms with E-state index >= 15 is 0 Å². The molecule has 2 aliphatic rings. The van der Waals surface area contributed by atoms with Crippen molar-refractivity contribution in [3.05, 3.63) is 66.0 Å². The van der Waals surface area contributed by atoms with Crippen molar-refractivity contribution < 1.29 is 38.9 Å². The van der Waals surface area contributed by atoms with Crippen LogP contribution in [0.4, 0.5) is 0 Å². The highest BCUT2D eigenvalue weighted by Crippen LogP contribution is 2.39. The van der Waals surface area contributed by atoms with E-state index in [1.807, 2.05) is 0 Å². The first-order chi connectivity index (χ1) is 18.7. The molecule has 3 aromatic heterocycles. The van der Waals surface area contributed by atoms with Gasteiger partial charge in [-0.05, 0) is 42.5 Å². The molecule has 5 heterocycles. The maximum Gasteiger partial charge on any atom is 0.298 e. The van der Waals surface area contributed by atoms with Gasteiger partial charge in [-0.15, -0.1) is 0 Å². The Hall–Kier alpha value is -4.19. The normalized spacial score (nSPS) is 13.4. The number of hydrogen-bond donors (Lipinski definition) is 5. The number of benzene rings is 1. The van der Waals surface area contributed by atoms with Gasteiger partial charge in [0, 0.05) is 22.2 Å². The molecule has 6 rings (SSSR count). The Bertz CT molecular complexity index is 2300. The zero-order chi connectivity index (χ0) is 28.6. The minimum Gasteiger partial charge on any atom is -0.355 e. The Morgan fingerprint density at radius 2 is 1.18 bits per heavy atom. The summed E-state index contributed by atoms with van der Waals surface area (Å²) in [5.41, 5.74) is 0.969. The molecule has 0 fully saturated rings. The zero-order valence-corrected chi connectivity index (χ0v) is 22.2. The average Bonchev–Trinajstić information content (AvgIpc) is 3.60. The highest BCUT2D eigenvalue weighted by Gasteiger charge is 2.35. The van der Waals surface area contributed by atoms with Gasteiger partial charge in [0.25, 0.3) is 30.4 Å². The standard InChI is InChI=1S/C24H16N4O9S3/c29-38(30,31)22-17-8-7-13(26-17)9-12-5-6-14(25-12)10-18-15-3-1-2-4-16(15)19(27-18)11-20-23(39(32,33)34)24(21(22)28-20)40(35,36)37/h1-11,25,28H,(H,29,30,31)(H,32,33,34)(H,35,36,37). The molecule has 1 aromatic carbocycles. The molecule has 0 atom stereocenters. The number of nitrogens with one attached hydrogen (secondary N) is 2. The van der Waals surface area contributed by atoms with Gasteiger partial charge in [-0.2, -0.15) is 25.3 Å². The van der Waals surface area contributed by atoms with Crippen LogP contribution in [-0.2, 0) is 30.4 Å². The number of aromatic amines is 2. The fraction of sp³-hybridized carbons (Fsp3) is 0. The van der Waals surface area contributed by atoms with Crippen LogP contribution >= 0.6 is 0 Å². The number of hydrogen-bond acceptors (Lipinski definition) is 8. The van der Waals surface area contributed by atoms with E-state index in [-0.39, 0.29) is 11.4 Å². The minimum absolute atomic E-state index is 0.119. The SMILES string of the molecule is O=S(=O)(O)c1c(S(=O)(=O)O)c2[nH]c1cc1nc(cc3ccc(cc4nc(c2S(=O)(=O)O)C=C4)[nH]3)-c2ccccc2-1. The second-order valence-electron chi connectivity index (χ2n) is 8.81. The molecule has 0 saturated carbocycles. The van der Waals surface area contributed by atoms with Crippen LogP contribution in [0.15, 0.2) is 69.3 Å². The van der Waals surface area contributed by atoms with Crippen LogP contribution in [0, 0.1) is 0 Å². The van der Waals surface area contributed by atoms with Crippen LogP contribution in [0.5, 0.6) is 0 Å². The molecule has 16 heteroatoms. The summed E-state index contributed by atoms with van der Waals surface area (Å²) in [6, 6.07) is 14.7. The van der Waals surface area contributed by atoms with Crippen molar-refractivity contribution in [2.24, 2.45) is 0 Å². The Kier molecular flexibility index (Phi) is 5.64. The molecule has 0 saturated heterocycles. The molecule has 4 aromatic rings. The summed E-state index contributed by atoms with van der Waals surface area (Å²) in [5, 5.41) is 0. The Morgan fingerprint density at radius 3 is 1.77 bits per heavy atom. The molecule has 0 radical (unpaired) electrons. The first-order valence-corrected chi connectivity index (χ1v) is 15.5. The van der Waals surface area contributed by atoms with E-state index in [9.17, 15) is 38.9 Å². The average molecular weight is 601 g/mol. The van der Waals surface area contributed by atoms with Crippen molar-refractivity contribution >= 4 is 64.6 Å². The lowest BCUT2D eigenvalue weighted by molar-refractivity contribution is 0.468. The van der Waals surface area contributed by atoms with Crippen LogP contribution in [0.3, 0.4) is 0 Å². The van der Waals surface area contributed by atoms with Gasteiger partial charge in [0.05, 0.1) is 33.8 Å². The van der Waals surface area contributed by atoms with Gasteiger partial charge in [-0.25, -0.2) is 9.97 Å². The molecule has 13 nitrogen and oxygen atoms in total. The lowest BCUT2D eigenvalue weighted by Gasteiger charge is -2.02. The molecule has 2 aliphatic heterocycles. The van der Waals surface area contributed by atoms with Crippen molar-refractivity contribution in [2.75, 3.05) is 0 Å². The van der Waals surface area contributed by atoms with Crippen LogP contribution < -0.4 is 0 Å². The smallest absolute Gasteiger partial charge is 0.298 e. The number of aromatic nitrogens is 4. The van der Waals surface area contributed by atoms with Gasteiger partial charge in [0.1, 0.15) is 14.7 Å². The van der Waals surface area contributed by atoms with E-state index in [1.54, 1.807) is 42.5 Å². The number of fused-ring (bicyclic) bond motifs is 11. The van der Waals surface area contributed by atoms with Crippen molar-refractivity contribution in [1.29, 1.82) is 0 Å². The van der Waals surface area contributed by atoms with E-state index in [1.165, 1.54) is 12.1 Å². The van der Waals surface area contributed by atoms with E-state index in [4.69, 9.17) is 0 Å². The van der Waals surface area contributed by atoms with Crippen molar-refractivity contribution in [2.45, 2.75) is 14.7 Å². The quantitative estimate of drug-likeness (QED) is 0.185. The fourth-order valence-corrected chi connectivity index (χ4v) is 7.63. The number of H-pyrrole nitrogens is 2. The van der Waals surface area contributed by atoms with Gasteiger partial charge in [0.2, 0.25) is 0 Å². The van der Waals surface area contributed by atoms with Crippen molar-refractivity contribution in [3.63, 3.8) is 0 Å². The molecular weight excluding hydrogens is 584 g/mol. The monoisotopic (exact) mass is 600 g/mol. The summed E-state index contributed by atoms with van der Waals surface area (Å²) in [6.45, 7) is 0. The lowest BCUT2D eigenvalue weighted by atomic mass is 10.1. The number of rotatable bonds is 3. The van der Waals surface area contributed by atoms with Crippen LogP contribution in [-0.4, -0.2) is 58.8 Å². The maximum absolute atomic E-state index is 12.6. The minimum atomic E-state index is -5.55. The molecule has 5 N–H and O–H groups in total. The summed E-state index contributed by atoms with van der Waals surface area (Å²) >= 11 is 0. The van der Waals surface area contributed by atoms with Crippen molar-refractivity contribution in [3.8, 4) is 22.5 Å². The van der Waals surface area contributed by atoms with E-state index < -0.39 is 61.8 Å². The van der Waals surface area contributed by atoms with Crippen LogP contribution in [0.2, 0.25) is 0 Å². The molecule has 0 spiro atoms. The van der Waals surface area contributed by atoms with Gasteiger partial charge < -0.3 is 9.97 Å².